The first kappa shape index (κ1) is 13.4. The first-order chi connectivity index (χ1) is 8.84. The summed E-state index contributed by atoms with van der Waals surface area (Å²) >= 11 is 2.03. The molecule has 0 saturated carbocycles. The van der Waals surface area contributed by atoms with E-state index in [9.17, 15) is 4.79 Å². The van der Waals surface area contributed by atoms with Crippen molar-refractivity contribution >= 4 is 23.4 Å². The molecule has 98 valence electrons. The zero-order chi connectivity index (χ0) is 12.6. The van der Waals surface area contributed by atoms with Gasteiger partial charge in [0.25, 0.3) is 0 Å². The van der Waals surface area contributed by atoms with E-state index in [1.165, 1.54) is 24.3 Å². The van der Waals surface area contributed by atoms with Gasteiger partial charge < -0.3 is 10.6 Å². The molecule has 3 nitrogen and oxygen atoms in total. The number of para-hydroxylation sites is 1. The Labute approximate surface area is 113 Å². The predicted molar refractivity (Wildman–Crippen MR) is 78.0 cm³/mol. The number of rotatable bonds is 5. The first-order valence-electron chi connectivity index (χ1n) is 6.48. The van der Waals surface area contributed by atoms with Gasteiger partial charge in [0.15, 0.2) is 0 Å². The number of hydrogen-bond acceptors (Lipinski definition) is 3. The molecule has 0 spiro atoms. The standard InChI is InChI=1S/C14H20N2OS/c17-14(16-13-4-2-1-3-5-13)11-15-10-12-6-8-18-9-7-12/h1-5,12,15H,6-11H2,(H,16,17). The smallest absolute Gasteiger partial charge is 0.238 e. The second-order valence-electron chi connectivity index (χ2n) is 4.60. The van der Waals surface area contributed by atoms with Crippen LogP contribution in [-0.2, 0) is 4.79 Å². The third-order valence-electron chi connectivity index (χ3n) is 3.12. The lowest BCUT2D eigenvalue weighted by Gasteiger charge is -2.21. The maximum atomic E-state index is 11.7. The molecule has 1 heterocycles. The van der Waals surface area contributed by atoms with Crippen LogP contribution in [0.3, 0.4) is 0 Å². The van der Waals surface area contributed by atoms with Gasteiger partial charge in [-0.2, -0.15) is 11.8 Å². The summed E-state index contributed by atoms with van der Waals surface area (Å²) in [6.07, 6.45) is 2.55. The highest BCUT2D eigenvalue weighted by molar-refractivity contribution is 7.99. The van der Waals surface area contributed by atoms with E-state index < -0.39 is 0 Å². The van der Waals surface area contributed by atoms with Crippen molar-refractivity contribution in [2.75, 3.05) is 29.9 Å². The van der Waals surface area contributed by atoms with Gasteiger partial charge in [-0.15, -0.1) is 0 Å². The molecule has 0 atom stereocenters. The Morgan fingerprint density at radius 2 is 1.94 bits per heavy atom. The van der Waals surface area contributed by atoms with E-state index in [0.29, 0.717) is 6.54 Å². The van der Waals surface area contributed by atoms with E-state index in [-0.39, 0.29) is 5.91 Å². The molecule has 0 radical (unpaired) electrons. The van der Waals surface area contributed by atoms with Crippen LogP contribution in [0.5, 0.6) is 0 Å². The minimum atomic E-state index is 0.0337. The molecule has 1 aliphatic heterocycles. The Kier molecular flexibility index (Phi) is 5.55. The summed E-state index contributed by atoms with van der Waals surface area (Å²) in [6.45, 7) is 1.36. The number of amides is 1. The monoisotopic (exact) mass is 264 g/mol. The summed E-state index contributed by atoms with van der Waals surface area (Å²) in [7, 11) is 0. The SMILES string of the molecule is O=C(CNCC1CCSCC1)Nc1ccccc1. The average molecular weight is 264 g/mol. The van der Waals surface area contributed by atoms with Crippen LogP contribution in [0.4, 0.5) is 5.69 Å². The van der Waals surface area contributed by atoms with Gasteiger partial charge in [0.1, 0.15) is 0 Å². The van der Waals surface area contributed by atoms with E-state index in [1.54, 1.807) is 0 Å². The Bertz CT molecular complexity index is 363. The van der Waals surface area contributed by atoms with Gasteiger partial charge in [-0.3, -0.25) is 4.79 Å². The number of benzene rings is 1. The van der Waals surface area contributed by atoms with Crippen molar-refractivity contribution in [1.82, 2.24) is 5.32 Å². The Balaban J connectivity index is 1.62. The van der Waals surface area contributed by atoms with Crippen LogP contribution in [0.25, 0.3) is 0 Å². The number of carbonyl (C=O) groups is 1. The van der Waals surface area contributed by atoms with Crippen molar-refractivity contribution in [3.63, 3.8) is 0 Å². The largest absolute Gasteiger partial charge is 0.325 e. The molecule has 2 rings (SSSR count). The van der Waals surface area contributed by atoms with E-state index in [2.05, 4.69) is 10.6 Å². The Morgan fingerprint density at radius 3 is 2.67 bits per heavy atom. The summed E-state index contributed by atoms with van der Waals surface area (Å²) < 4.78 is 0. The van der Waals surface area contributed by atoms with Crippen LogP contribution in [-0.4, -0.2) is 30.5 Å². The molecule has 1 aromatic carbocycles. The molecule has 18 heavy (non-hydrogen) atoms. The molecule has 1 fully saturated rings. The van der Waals surface area contributed by atoms with Crippen LogP contribution in [0, 0.1) is 5.92 Å². The fourth-order valence-electron chi connectivity index (χ4n) is 2.07. The van der Waals surface area contributed by atoms with Gasteiger partial charge in [0.2, 0.25) is 5.91 Å². The highest BCUT2D eigenvalue weighted by Gasteiger charge is 2.13. The van der Waals surface area contributed by atoms with Gasteiger partial charge in [0, 0.05) is 5.69 Å². The number of thioether (sulfide) groups is 1. The van der Waals surface area contributed by atoms with E-state index in [1.807, 2.05) is 42.1 Å². The van der Waals surface area contributed by atoms with Crippen molar-refractivity contribution in [2.45, 2.75) is 12.8 Å². The second-order valence-corrected chi connectivity index (χ2v) is 5.83. The lowest BCUT2D eigenvalue weighted by Crippen LogP contribution is -2.32. The Hall–Kier alpha value is -1.00. The zero-order valence-electron chi connectivity index (χ0n) is 10.5. The van der Waals surface area contributed by atoms with Crippen molar-refractivity contribution in [3.8, 4) is 0 Å². The van der Waals surface area contributed by atoms with Gasteiger partial charge in [-0.25, -0.2) is 0 Å². The third-order valence-corrected chi connectivity index (χ3v) is 4.17. The molecule has 4 heteroatoms. The summed E-state index contributed by atoms with van der Waals surface area (Å²) in [5.41, 5.74) is 0.860. The number of hydrogen-bond donors (Lipinski definition) is 2. The molecule has 0 aromatic heterocycles. The van der Waals surface area contributed by atoms with Gasteiger partial charge >= 0.3 is 0 Å². The average Bonchev–Trinajstić information content (AvgIpc) is 2.41. The lowest BCUT2D eigenvalue weighted by atomic mass is 10.0. The number of nitrogens with one attached hydrogen (secondary N) is 2. The molecular weight excluding hydrogens is 244 g/mol. The normalized spacial score (nSPS) is 16.4. The lowest BCUT2D eigenvalue weighted by molar-refractivity contribution is -0.115. The van der Waals surface area contributed by atoms with E-state index in [0.717, 1.165) is 18.2 Å². The molecule has 1 amide bonds. The third kappa shape index (κ3) is 4.70. The molecule has 0 unspecified atom stereocenters. The molecule has 1 aromatic rings. The van der Waals surface area contributed by atoms with Gasteiger partial charge in [0.05, 0.1) is 6.54 Å². The van der Waals surface area contributed by atoms with Crippen molar-refractivity contribution in [3.05, 3.63) is 30.3 Å². The molecule has 2 N–H and O–H groups in total. The molecular formula is C14H20N2OS. The summed E-state index contributed by atoms with van der Waals surface area (Å²) in [4.78, 5) is 11.7. The molecule has 1 saturated heterocycles. The van der Waals surface area contributed by atoms with Crippen molar-refractivity contribution < 1.29 is 4.79 Å². The van der Waals surface area contributed by atoms with Crippen molar-refractivity contribution in [2.24, 2.45) is 5.92 Å². The second kappa shape index (κ2) is 7.44. The van der Waals surface area contributed by atoms with Crippen LogP contribution >= 0.6 is 11.8 Å². The highest BCUT2D eigenvalue weighted by atomic mass is 32.2. The fourth-order valence-corrected chi connectivity index (χ4v) is 3.27. The molecule has 1 aliphatic rings. The highest BCUT2D eigenvalue weighted by Crippen LogP contribution is 2.21. The maximum Gasteiger partial charge on any atom is 0.238 e. The fraction of sp³-hybridized carbons (Fsp3) is 0.500. The van der Waals surface area contributed by atoms with Gasteiger partial charge in [-0.05, 0) is 48.9 Å². The van der Waals surface area contributed by atoms with E-state index in [4.69, 9.17) is 0 Å². The minimum absolute atomic E-state index is 0.0337. The van der Waals surface area contributed by atoms with Gasteiger partial charge in [-0.1, -0.05) is 18.2 Å². The van der Waals surface area contributed by atoms with E-state index >= 15 is 0 Å². The van der Waals surface area contributed by atoms with Crippen LogP contribution in [0.2, 0.25) is 0 Å². The van der Waals surface area contributed by atoms with Crippen LogP contribution in [0.15, 0.2) is 30.3 Å². The molecule has 0 aliphatic carbocycles. The quantitative estimate of drug-likeness (QED) is 0.858. The zero-order valence-corrected chi connectivity index (χ0v) is 11.3. The summed E-state index contributed by atoms with van der Waals surface area (Å²) in [5.74, 6) is 3.31. The maximum absolute atomic E-state index is 11.7. The van der Waals surface area contributed by atoms with Crippen LogP contribution < -0.4 is 10.6 Å². The minimum Gasteiger partial charge on any atom is -0.325 e. The summed E-state index contributed by atoms with van der Waals surface area (Å²) in [6, 6.07) is 9.58. The number of anilines is 1. The molecule has 0 bridgehead atoms. The van der Waals surface area contributed by atoms with Crippen molar-refractivity contribution in [1.29, 1.82) is 0 Å². The first-order valence-corrected chi connectivity index (χ1v) is 7.63. The topological polar surface area (TPSA) is 41.1 Å². The Morgan fingerprint density at radius 1 is 1.22 bits per heavy atom. The number of carbonyl (C=O) groups excluding carboxylic acids is 1. The predicted octanol–water partition coefficient (Wildman–Crippen LogP) is 2.36. The van der Waals surface area contributed by atoms with Crippen LogP contribution in [0.1, 0.15) is 12.8 Å². The summed E-state index contributed by atoms with van der Waals surface area (Å²) in [5, 5.41) is 6.13.